The Morgan fingerprint density at radius 1 is 1.19 bits per heavy atom. The maximum atomic E-state index is 12.7. The number of aromatic nitrogens is 2. The van der Waals surface area contributed by atoms with Crippen LogP contribution in [0.1, 0.15) is 50.8 Å². The van der Waals surface area contributed by atoms with E-state index in [1.807, 2.05) is 41.7 Å². The molecule has 1 amide bonds. The number of hydrogen-bond donors (Lipinski definition) is 0. The van der Waals surface area contributed by atoms with Crippen LogP contribution < -0.4 is 0 Å². The second-order valence-electron chi connectivity index (χ2n) is 9.82. The minimum absolute atomic E-state index is 0.0579. The van der Waals surface area contributed by atoms with Crippen LogP contribution in [0.25, 0.3) is 4.85 Å². The number of hydrogen-bond acceptors (Lipinski definition) is 4. The molecule has 0 radical (unpaired) electrons. The molecule has 1 atom stereocenters. The smallest absolute Gasteiger partial charge is 0.410 e. The first-order valence-corrected chi connectivity index (χ1v) is 11.6. The summed E-state index contributed by atoms with van der Waals surface area (Å²) in [7, 11) is 0. The van der Waals surface area contributed by atoms with Crippen molar-refractivity contribution >= 4 is 11.8 Å². The Morgan fingerprint density at radius 3 is 2.62 bits per heavy atom. The molecule has 1 aliphatic heterocycles. The van der Waals surface area contributed by atoms with E-state index in [2.05, 4.69) is 33.1 Å². The molecular weight excluding hydrogens is 402 g/mol. The van der Waals surface area contributed by atoms with Crippen LogP contribution in [0, 0.1) is 12.0 Å². The van der Waals surface area contributed by atoms with Crippen molar-refractivity contribution < 1.29 is 9.53 Å². The van der Waals surface area contributed by atoms with Crippen LogP contribution in [-0.4, -0.2) is 57.7 Å². The normalized spacial score (nSPS) is 21.2. The second kappa shape index (κ2) is 9.74. The van der Waals surface area contributed by atoms with Crippen molar-refractivity contribution in [3.63, 3.8) is 0 Å². The first-order chi connectivity index (χ1) is 15.4. The zero-order valence-corrected chi connectivity index (χ0v) is 19.2. The van der Waals surface area contributed by atoms with Crippen LogP contribution in [0.3, 0.4) is 0 Å². The first kappa shape index (κ1) is 22.3. The largest absolute Gasteiger partial charge is 0.446 e. The molecule has 2 heterocycles. The van der Waals surface area contributed by atoms with Gasteiger partial charge in [-0.15, -0.1) is 0 Å². The number of imidazole rings is 1. The molecule has 4 rings (SSSR count). The summed E-state index contributed by atoms with van der Waals surface area (Å²) in [6.07, 6.45) is 7.97. The molecule has 0 spiro atoms. The van der Waals surface area contributed by atoms with Crippen LogP contribution in [0.5, 0.6) is 0 Å². The van der Waals surface area contributed by atoms with Crippen molar-refractivity contribution in [3.8, 4) is 0 Å². The SMILES string of the molecule is [C-]#[N+]c1ccc(Cn2cncc2CN2CCN(C(=O)OC3CCCC(C)(C)C3)CC2)cc1. The van der Waals surface area contributed by atoms with Gasteiger partial charge in [0.15, 0.2) is 5.69 Å². The Morgan fingerprint density at radius 2 is 1.94 bits per heavy atom. The van der Waals surface area contributed by atoms with Crippen LogP contribution in [0.4, 0.5) is 10.5 Å². The van der Waals surface area contributed by atoms with Gasteiger partial charge in [-0.05, 0) is 36.7 Å². The lowest BCUT2D eigenvalue weighted by Gasteiger charge is -2.38. The van der Waals surface area contributed by atoms with Gasteiger partial charge in [0.1, 0.15) is 6.10 Å². The van der Waals surface area contributed by atoms with Crippen LogP contribution in [0.2, 0.25) is 0 Å². The molecule has 7 heteroatoms. The molecule has 1 saturated carbocycles. The van der Waals surface area contributed by atoms with Gasteiger partial charge in [-0.2, -0.15) is 0 Å². The average Bonchev–Trinajstić information content (AvgIpc) is 3.20. The van der Waals surface area contributed by atoms with E-state index in [0.29, 0.717) is 18.8 Å². The van der Waals surface area contributed by atoms with E-state index < -0.39 is 0 Å². The fraction of sp³-hybridized carbons (Fsp3) is 0.560. The van der Waals surface area contributed by atoms with Crippen molar-refractivity contribution in [1.82, 2.24) is 19.4 Å². The van der Waals surface area contributed by atoms with E-state index in [-0.39, 0.29) is 17.6 Å². The van der Waals surface area contributed by atoms with Crippen molar-refractivity contribution in [2.45, 2.75) is 58.7 Å². The molecule has 32 heavy (non-hydrogen) atoms. The summed E-state index contributed by atoms with van der Waals surface area (Å²) in [6, 6.07) is 7.70. The minimum atomic E-state index is -0.153. The van der Waals surface area contributed by atoms with Gasteiger partial charge in [-0.3, -0.25) is 4.90 Å². The first-order valence-electron chi connectivity index (χ1n) is 11.6. The molecule has 2 aliphatic rings. The molecule has 1 aromatic carbocycles. The number of amides is 1. The van der Waals surface area contributed by atoms with Crippen LogP contribution in [0.15, 0.2) is 36.8 Å². The molecule has 0 bridgehead atoms. The van der Waals surface area contributed by atoms with Crippen molar-refractivity contribution in [2.24, 2.45) is 5.41 Å². The Hall–Kier alpha value is -2.85. The van der Waals surface area contributed by atoms with Gasteiger partial charge < -0.3 is 14.2 Å². The Balaban J connectivity index is 1.26. The molecule has 1 aliphatic carbocycles. The van der Waals surface area contributed by atoms with Crippen LogP contribution in [-0.2, 0) is 17.8 Å². The number of piperazine rings is 1. The van der Waals surface area contributed by atoms with E-state index in [0.717, 1.165) is 56.7 Å². The minimum Gasteiger partial charge on any atom is -0.446 e. The molecule has 7 nitrogen and oxygen atoms in total. The zero-order chi connectivity index (χ0) is 22.6. The third-order valence-corrected chi connectivity index (χ3v) is 6.66. The third-order valence-electron chi connectivity index (χ3n) is 6.66. The van der Waals surface area contributed by atoms with Crippen molar-refractivity contribution in [1.29, 1.82) is 0 Å². The number of benzene rings is 1. The quantitative estimate of drug-likeness (QED) is 0.639. The van der Waals surface area contributed by atoms with Gasteiger partial charge in [-0.25, -0.2) is 14.6 Å². The van der Waals surface area contributed by atoms with Gasteiger partial charge in [-0.1, -0.05) is 38.1 Å². The fourth-order valence-corrected chi connectivity index (χ4v) is 4.76. The molecule has 1 saturated heterocycles. The number of carbonyl (C=O) groups excluding carboxylic acids is 1. The van der Waals surface area contributed by atoms with Gasteiger partial charge in [0.2, 0.25) is 0 Å². The Labute approximate surface area is 190 Å². The van der Waals surface area contributed by atoms with E-state index >= 15 is 0 Å². The second-order valence-corrected chi connectivity index (χ2v) is 9.82. The highest BCUT2D eigenvalue weighted by molar-refractivity contribution is 5.68. The molecule has 2 aromatic rings. The predicted molar refractivity (Wildman–Crippen MR) is 123 cm³/mol. The summed E-state index contributed by atoms with van der Waals surface area (Å²) >= 11 is 0. The number of ether oxygens (including phenoxy) is 1. The lowest BCUT2D eigenvalue weighted by atomic mass is 9.76. The summed E-state index contributed by atoms with van der Waals surface area (Å²) in [5.41, 5.74) is 3.22. The van der Waals surface area contributed by atoms with Crippen molar-refractivity contribution in [3.05, 3.63) is 59.5 Å². The zero-order valence-electron chi connectivity index (χ0n) is 19.2. The van der Waals surface area contributed by atoms with E-state index in [1.54, 1.807) is 0 Å². The van der Waals surface area contributed by atoms with E-state index in [4.69, 9.17) is 11.3 Å². The highest BCUT2D eigenvalue weighted by Gasteiger charge is 2.32. The Kier molecular flexibility index (Phi) is 6.80. The average molecular weight is 436 g/mol. The van der Waals surface area contributed by atoms with Gasteiger partial charge in [0.05, 0.1) is 18.6 Å². The molecule has 1 aromatic heterocycles. The summed E-state index contributed by atoms with van der Waals surface area (Å²) in [6.45, 7) is 16.2. The number of carbonyl (C=O) groups is 1. The standard InChI is InChI=1S/C25H33N5O2/c1-25(2)10-4-5-23(15-25)32-24(31)29-13-11-28(12-14-29)18-22-16-27-19-30(22)17-20-6-8-21(26-3)9-7-20/h6-9,16,19,23H,4-5,10-15,17-18H2,1-2H3. The van der Waals surface area contributed by atoms with Gasteiger partial charge in [0, 0.05) is 45.5 Å². The lowest BCUT2D eigenvalue weighted by molar-refractivity contribution is 0.00902. The third kappa shape index (κ3) is 5.68. The van der Waals surface area contributed by atoms with E-state index in [1.165, 1.54) is 6.42 Å². The van der Waals surface area contributed by atoms with Gasteiger partial charge >= 0.3 is 6.09 Å². The summed E-state index contributed by atoms with van der Waals surface area (Å²) in [5, 5.41) is 0. The summed E-state index contributed by atoms with van der Waals surface area (Å²) in [5.74, 6) is 0. The molecule has 0 N–H and O–H groups in total. The van der Waals surface area contributed by atoms with Crippen LogP contribution >= 0.6 is 0 Å². The monoisotopic (exact) mass is 435 g/mol. The maximum absolute atomic E-state index is 12.7. The molecule has 170 valence electrons. The molecule has 2 fully saturated rings. The highest BCUT2D eigenvalue weighted by Crippen LogP contribution is 2.36. The summed E-state index contributed by atoms with van der Waals surface area (Å²) in [4.78, 5) is 24.7. The highest BCUT2D eigenvalue weighted by atomic mass is 16.6. The topological polar surface area (TPSA) is 55.0 Å². The van der Waals surface area contributed by atoms with Gasteiger partial charge in [0.25, 0.3) is 0 Å². The summed E-state index contributed by atoms with van der Waals surface area (Å²) < 4.78 is 8.00. The Bertz CT molecular complexity index is 951. The van der Waals surface area contributed by atoms with E-state index in [9.17, 15) is 4.79 Å². The number of nitrogens with zero attached hydrogens (tertiary/aromatic N) is 5. The predicted octanol–water partition coefficient (Wildman–Crippen LogP) is 4.71. The fourth-order valence-electron chi connectivity index (χ4n) is 4.76. The molecular formula is C25H33N5O2. The maximum Gasteiger partial charge on any atom is 0.410 e. The molecule has 1 unspecified atom stereocenters. The number of rotatable bonds is 5. The van der Waals surface area contributed by atoms with Crippen molar-refractivity contribution in [2.75, 3.05) is 26.2 Å². The lowest BCUT2D eigenvalue weighted by Crippen LogP contribution is -2.49.